The Bertz CT molecular complexity index is 619. The predicted octanol–water partition coefficient (Wildman–Crippen LogP) is 3.26. The van der Waals surface area contributed by atoms with Crippen molar-refractivity contribution in [3.8, 4) is 0 Å². The molecule has 1 amide bonds. The molecule has 5 nitrogen and oxygen atoms in total. The Morgan fingerprint density at radius 3 is 2.61 bits per heavy atom. The number of carbonyl (C=O) groups excluding carboxylic acids is 1. The molecule has 0 spiro atoms. The summed E-state index contributed by atoms with van der Waals surface area (Å²) in [5.41, 5.74) is 1.45. The molecule has 0 bridgehead atoms. The highest BCUT2D eigenvalue weighted by atomic mass is 16.2. The van der Waals surface area contributed by atoms with E-state index in [1.807, 2.05) is 30.4 Å². The minimum absolute atomic E-state index is 0.153. The van der Waals surface area contributed by atoms with Gasteiger partial charge in [0.15, 0.2) is 0 Å². The number of carbonyl (C=O) groups is 1. The van der Waals surface area contributed by atoms with E-state index in [1.165, 1.54) is 18.4 Å². The van der Waals surface area contributed by atoms with Crippen LogP contribution in [0.5, 0.6) is 0 Å². The topological polar surface area (TPSA) is 39.7 Å². The average Bonchev–Trinajstić information content (AvgIpc) is 2.67. The summed E-state index contributed by atoms with van der Waals surface area (Å²) in [4.78, 5) is 24.3. The van der Waals surface area contributed by atoms with Crippen molar-refractivity contribution >= 4 is 5.91 Å². The number of aromatic nitrogens is 1. The third-order valence-electron chi connectivity index (χ3n) is 6.09. The number of hydrogen-bond acceptors (Lipinski definition) is 4. The largest absolute Gasteiger partial charge is 0.345 e. The molecule has 0 aromatic carbocycles. The SMILES string of the molecule is CN(CC(C)(C)C)C(=O)[C@@H]1CCCN(C2CCN(Cc3cccnc3)CC2)C1. The lowest BCUT2D eigenvalue weighted by Gasteiger charge is -2.42. The van der Waals surface area contributed by atoms with Crippen molar-refractivity contribution < 1.29 is 4.79 Å². The lowest BCUT2D eigenvalue weighted by molar-refractivity contribution is -0.137. The van der Waals surface area contributed by atoms with Crippen molar-refractivity contribution in [2.24, 2.45) is 11.3 Å². The quantitative estimate of drug-likeness (QED) is 0.779. The lowest BCUT2D eigenvalue weighted by Crippen LogP contribution is -2.51. The van der Waals surface area contributed by atoms with Crippen LogP contribution in [0.2, 0.25) is 0 Å². The molecule has 28 heavy (non-hydrogen) atoms. The lowest BCUT2D eigenvalue weighted by atomic mass is 9.91. The molecular formula is C23H38N4O. The van der Waals surface area contributed by atoms with E-state index in [2.05, 4.69) is 41.6 Å². The minimum Gasteiger partial charge on any atom is -0.345 e. The highest BCUT2D eigenvalue weighted by Gasteiger charge is 2.33. The highest BCUT2D eigenvalue weighted by molar-refractivity contribution is 5.79. The van der Waals surface area contributed by atoms with Crippen LogP contribution in [-0.2, 0) is 11.3 Å². The van der Waals surface area contributed by atoms with E-state index in [-0.39, 0.29) is 11.3 Å². The summed E-state index contributed by atoms with van der Waals surface area (Å²) in [5, 5.41) is 0. The molecule has 3 rings (SSSR count). The van der Waals surface area contributed by atoms with Gasteiger partial charge in [-0.25, -0.2) is 0 Å². The van der Waals surface area contributed by atoms with Gasteiger partial charge in [0.1, 0.15) is 0 Å². The molecule has 0 unspecified atom stereocenters. The Kier molecular flexibility index (Phi) is 7.10. The Morgan fingerprint density at radius 1 is 1.21 bits per heavy atom. The minimum atomic E-state index is 0.153. The van der Waals surface area contributed by atoms with Crippen LogP contribution in [0.25, 0.3) is 0 Å². The molecule has 156 valence electrons. The van der Waals surface area contributed by atoms with E-state index in [0.717, 1.165) is 52.1 Å². The van der Waals surface area contributed by atoms with Gasteiger partial charge in [-0.1, -0.05) is 26.8 Å². The van der Waals surface area contributed by atoms with Gasteiger partial charge >= 0.3 is 0 Å². The van der Waals surface area contributed by atoms with Gasteiger partial charge in [0.25, 0.3) is 0 Å². The van der Waals surface area contributed by atoms with E-state index >= 15 is 0 Å². The zero-order valence-electron chi connectivity index (χ0n) is 18.2. The summed E-state index contributed by atoms with van der Waals surface area (Å²) in [6.07, 6.45) is 8.42. The maximum atomic E-state index is 12.9. The van der Waals surface area contributed by atoms with Gasteiger partial charge < -0.3 is 4.90 Å². The molecule has 1 aromatic rings. The van der Waals surface area contributed by atoms with Gasteiger partial charge in [-0.05, 0) is 62.4 Å². The van der Waals surface area contributed by atoms with Crippen molar-refractivity contribution in [1.82, 2.24) is 19.7 Å². The molecule has 2 aliphatic rings. The van der Waals surface area contributed by atoms with Crippen LogP contribution >= 0.6 is 0 Å². The molecule has 1 atom stereocenters. The zero-order valence-corrected chi connectivity index (χ0v) is 18.2. The van der Waals surface area contributed by atoms with Crippen molar-refractivity contribution in [2.45, 2.75) is 59.0 Å². The molecule has 2 aliphatic heterocycles. The molecule has 0 aliphatic carbocycles. The molecule has 2 fully saturated rings. The number of pyridine rings is 1. The number of hydrogen-bond donors (Lipinski definition) is 0. The molecular weight excluding hydrogens is 348 g/mol. The first-order valence-electron chi connectivity index (χ1n) is 10.9. The highest BCUT2D eigenvalue weighted by Crippen LogP contribution is 2.26. The van der Waals surface area contributed by atoms with Crippen LogP contribution in [0.3, 0.4) is 0 Å². The van der Waals surface area contributed by atoms with E-state index in [0.29, 0.717) is 11.9 Å². The van der Waals surface area contributed by atoms with Gasteiger partial charge in [0.05, 0.1) is 5.92 Å². The Labute approximate surface area is 171 Å². The van der Waals surface area contributed by atoms with Crippen molar-refractivity contribution in [3.05, 3.63) is 30.1 Å². The van der Waals surface area contributed by atoms with Gasteiger partial charge in [-0.3, -0.25) is 19.6 Å². The normalized spacial score (nSPS) is 22.9. The standard InChI is InChI=1S/C23H38N4O/c1-23(2,3)18-25(4)22(28)20-8-6-12-27(17-20)21-9-13-26(14-10-21)16-19-7-5-11-24-15-19/h5,7,11,15,20-21H,6,8-10,12-14,16-18H2,1-4H3/t20-/m1/s1. The molecule has 1 aromatic heterocycles. The summed E-state index contributed by atoms with van der Waals surface area (Å²) < 4.78 is 0. The molecule has 2 saturated heterocycles. The van der Waals surface area contributed by atoms with Crippen LogP contribution in [0.15, 0.2) is 24.5 Å². The van der Waals surface area contributed by atoms with E-state index in [4.69, 9.17) is 0 Å². The van der Waals surface area contributed by atoms with Crippen LogP contribution in [-0.4, -0.2) is 71.4 Å². The summed E-state index contributed by atoms with van der Waals surface area (Å²) in [6.45, 7) is 12.8. The fourth-order valence-electron chi connectivity index (χ4n) is 4.83. The second-order valence-corrected chi connectivity index (χ2v) is 9.96. The number of nitrogens with zero attached hydrogens (tertiary/aromatic N) is 4. The summed E-state index contributed by atoms with van der Waals surface area (Å²) in [6, 6.07) is 4.81. The van der Waals surface area contributed by atoms with Gasteiger partial charge in [-0.15, -0.1) is 0 Å². The second kappa shape index (κ2) is 9.36. The Hall–Kier alpha value is -1.46. The van der Waals surface area contributed by atoms with Gasteiger partial charge in [0, 0.05) is 45.1 Å². The molecule has 0 saturated carbocycles. The second-order valence-electron chi connectivity index (χ2n) is 9.96. The van der Waals surface area contributed by atoms with Gasteiger partial charge in [0.2, 0.25) is 5.91 Å². The van der Waals surface area contributed by atoms with Crippen molar-refractivity contribution in [2.75, 3.05) is 39.8 Å². The van der Waals surface area contributed by atoms with Crippen LogP contribution < -0.4 is 0 Å². The van der Waals surface area contributed by atoms with Crippen LogP contribution in [0.1, 0.15) is 52.0 Å². The number of rotatable bonds is 5. The van der Waals surface area contributed by atoms with Gasteiger partial charge in [-0.2, -0.15) is 0 Å². The molecule has 0 radical (unpaired) electrons. The average molecular weight is 387 g/mol. The maximum Gasteiger partial charge on any atom is 0.226 e. The summed E-state index contributed by atoms with van der Waals surface area (Å²) in [5.74, 6) is 0.517. The maximum absolute atomic E-state index is 12.9. The Morgan fingerprint density at radius 2 is 1.96 bits per heavy atom. The van der Waals surface area contributed by atoms with Crippen LogP contribution in [0, 0.1) is 11.3 Å². The summed E-state index contributed by atoms with van der Waals surface area (Å²) >= 11 is 0. The fourth-order valence-corrected chi connectivity index (χ4v) is 4.83. The molecule has 0 N–H and O–H groups in total. The summed E-state index contributed by atoms with van der Waals surface area (Å²) in [7, 11) is 1.98. The number of piperidine rings is 2. The van der Waals surface area contributed by atoms with E-state index in [9.17, 15) is 4.79 Å². The Balaban J connectivity index is 1.48. The number of likely N-dealkylation sites (tertiary alicyclic amines) is 2. The third-order valence-corrected chi connectivity index (χ3v) is 6.09. The van der Waals surface area contributed by atoms with Crippen molar-refractivity contribution in [1.29, 1.82) is 0 Å². The molecule has 5 heteroatoms. The predicted molar refractivity (Wildman–Crippen MR) is 114 cm³/mol. The van der Waals surface area contributed by atoms with E-state index < -0.39 is 0 Å². The smallest absolute Gasteiger partial charge is 0.226 e. The first-order chi connectivity index (χ1) is 13.3. The fraction of sp³-hybridized carbons (Fsp3) is 0.739. The zero-order chi connectivity index (χ0) is 20.1. The van der Waals surface area contributed by atoms with Crippen LogP contribution in [0.4, 0.5) is 0 Å². The van der Waals surface area contributed by atoms with Crippen molar-refractivity contribution in [3.63, 3.8) is 0 Å². The number of amides is 1. The third kappa shape index (κ3) is 6.02. The first-order valence-corrected chi connectivity index (χ1v) is 10.9. The monoisotopic (exact) mass is 386 g/mol. The van der Waals surface area contributed by atoms with E-state index in [1.54, 1.807) is 0 Å². The first kappa shape index (κ1) is 21.3. The molecule has 3 heterocycles.